The fourth-order valence-electron chi connectivity index (χ4n) is 4.18. The van der Waals surface area contributed by atoms with Crippen LogP contribution >= 0.6 is 23.1 Å². The molecule has 0 aliphatic heterocycles. The van der Waals surface area contributed by atoms with E-state index < -0.39 is 5.56 Å². The molecule has 1 amide bonds. The quantitative estimate of drug-likeness (QED) is 0.702. The summed E-state index contributed by atoms with van der Waals surface area (Å²) in [5, 5.41) is 11.0. The zero-order valence-electron chi connectivity index (χ0n) is 18.3. The van der Waals surface area contributed by atoms with Gasteiger partial charge in [0.25, 0.3) is 5.56 Å². The van der Waals surface area contributed by atoms with Crippen LogP contribution in [0.15, 0.2) is 17.1 Å². The van der Waals surface area contributed by atoms with Crippen molar-refractivity contribution in [2.45, 2.75) is 60.5 Å². The molecule has 1 aliphatic carbocycles. The van der Waals surface area contributed by atoms with Crippen molar-refractivity contribution in [3.8, 4) is 0 Å². The third kappa shape index (κ3) is 4.54. The van der Waals surface area contributed by atoms with E-state index in [1.807, 2.05) is 6.92 Å². The number of hydrogen-bond donors (Lipinski definition) is 2. The highest BCUT2D eigenvalue weighted by atomic mass is 35.5. The van der Waals surface area contributed by atoms with Gasteiger partial charge in [-0.3, -0.25) is 9.59 Å². The Balaban J connectivity index is 1.72. The van der Waals surface area contributed by atoms with Gasteiger partial charge in [-0.25, -0.2) is 4.68 Å². The number of aryl methyl sites for hydroxylation is 1. The lowest BCUT2D eigenvalue weighted by atomic mass is 9.58. The van der Waals surface area contributed by atoms with E-state index in [2.05, 4.69) is 54.7 Å². The smallest absolute Gasteiger partial charge is 0.288 e. The number of halogens is 1. The van der Waals surface area contributed by atoms with Crippen molar-refractivity contribution in [2.75, 3.05) is 10.6 Å². The molecule has 4 atom stereocenters. The van der Waals surface area contributed by atoms with E-state index in [4.69, 9.17) is 11.6 Å². The van der Waals surface area contributed by atoms with Crippen molar-refractivity contribution in [2.24, 2.45) is 23.2 Å². The second kappa shape index (κ2) is 8.67. The summed E-state index contributed by atoms with van der Waals surface area (Å²) in [5.41, 5.74) is 1.12. The number of nitrogens with zero attached hydrogens (tertiary/aromatic N) is 3. The molecule has 0 spiro atoms. The van der Waals surface area contributed by atoms with E-state index in [0.29, 0.717) is 28.4 Å². The minimum Gasteiger partial charge on any atom is -0.379 e. The first-order chi connectivity index (χ1) is 14.0. The predicted molar refractivity (Wildman–Crippen MR) is 122 cm³/mol. The second-order valence-electron chi connectivity index (χ2n) is 9.07. The number of carbonyl (C=O) groups excluding carboxylic acids is 1. The highest BCUT2D eigenvalue weighted by Gasteiger charge is 2.43. The summed E-state index contributed by atoms with van der Waals surface area (Å²) in [6.45, 7) is 13.1. The molecule has 1 saturated carbocycles. The van der Waals surface area contributed by atoms with Gasteiger partial charge < -0.3 is 10.6 Å². The van der Waals surface area contributed by atoms with Crippen LogP contribution in [0.3, 0.4) is 0 Å². The van der Waals surface area contributed by atoms with Crippen LogP contribution in [-0.4, -0.2) is 26.1 Å². The Bertz CT molecular complexity index is 986. The normalized spacial score (nSPS) is 25.7. The van der Waals surface area contributed by atoms with Crippen molar-refractivity contribution in [3.05, 3.63) is 33.3 Å². The number of anilines is 2. The number of nitrogens with one attached hydrogen (secondary N) is 2. The molecule has 0 radical (unpaired) electrons. The Hall–Kier alpha value is -1.93. The molecule has 2 aromatic rings. The molecule has 0 bridgehead atoms. The number of hydrogen-bond acceptors (Lipinski definition) is 6. The van der Waals surface area contributed by atoms with E-state index in [1.54, 1.807) is 6.07 Å². The molecular formula is C21H30ClN5O2S. The standard InChI is InChI=1S/C21H30ClN5O2S/c1-11-7-15(13(3)14(4)21(11,5)6)24-16-9-23-27(20(29)19(16)22)10-17(28)25-18-8-12(2)26-30-18/h8-9,11,13-15,24H,7,10H2,1-6H3,(H,25,28)/t11-,13+,14+,15+/m0/s1. The van der Waals surface area contributed by atoms with E-state index in [0.717, 1.165) is 16.8 Å². The summed E-state index contributed by atoms with van der Waals surface area (Å²) < 4.78 is 5.19. The summed E-state index contributed by atoms with van der Waals surface area (Å²) in [6, 6.07) is 1.98. The minimum absolute atomic E-state index is 0.0591. The molecule has 2 N–H and O–H groups in total. The Kier molecular flexibility index (Phi) is 6.57. The zero-order valence-corrected chi connectivity index (χ0v) is 19.9. The lowest BCUT2D eigenvalue weighted by Gasteiger charge is -2.50. The molecule has 2 aromatic heterocycles. The van der Waals surface area contributed by atoms with Gasteiger partial charge in [0.1, 0.15) is 16.6 Å². The lowest BCUT2D eigenvalue weighted by Crippen LogP contribution is -2.48. The van der Waals surface area contributed by atoms with Crippen LogP contribution in [0.25, 0.3) is 0 Å². The molecule has 9 heteroatoms. The van der Waals surface area contributed by atoms with Crippen LogP contribution in [-0.2, 0) is 11.3 Å². The number of carbonyl (C=O) groups is 1. The average Bonchev–Trinajstić information content (AvgIpc) is 3.08. The van der Waals surface area contributed by atoms with Crippen molar-refractivity contribution in [1.82, 2.24) is 14.2 Å². The summed E-state index contributed by atoms with van der Waals surface area (Å²) >= 11 is 7.56. The molecule has 30 heavy (non-hydrogen) atoms. The third-order valence-corrected chi connectivity index (χ3v) is 8.15. The summed E-state index contributed by atoms with van der Waals surface area (Å²) in [4.78, 5) is 24.9. The van der Waals surface area contributed by atoms with Crippen molar-refractivity contribution in [3.63, 3.8) is 0 Å². The fraction of sp³-hybridized carbons (Fsp3) is 0.619. The number of amides is 1. The second-order valence-corrected chi connectivity index (χ2v) is 10.3. The Labute approximate surface area is 186 Å². The van der Waals surface area contributed by atoms with E-state index in [9.17, 15) is 9.59 Å². The van der Waals surface area contributed by atoms with Gasteiger partial charge in [-0.1, -0.05) is 46.2 Å². The molecule has 7 nitrogen and oxygen atoms in total. The van der Waals surface area contributed by atoms with Gasteiger partial charge in [0.2, 0.25) is 5.91 Å². The minimum atomic E-state index is -0.484. The molecule has 1 fully saturated rings. The van der Waals surface area contributed by atoms with Gasteiger partial charge in [0, 0.05) is 6.04 Å². The molecule has 3 rings (SSSR count). The van der Waals surface area contributed by atoms with Crippen LogP contribution in [0.4, 0.5) is 10.7 Å². The first-order valence-electron chi connectivity index (χ1n) is 10.3. The van der Waals surface area contributed by atoms with Crippen molar-refractivity contribution >= 4 is 39.7 Å². The third-order valence-electron chi connectivity index (χ3n) is 6.98. The van der Waals surface area contributed by atoms with Crippen LogP contribution in [0.1, 0.15) is 46.7 Å². The first-order valence-corrected chi connectivity index (χ1v) is 11.4. The maximum Gasteiger partial charge on any atom is 0.288 e. The predicted octanol–water partition coefficient (Wildman–Crippen LogP) is 4.42. The Morgan fingerprint density at radius 2 is 2.07 bits per heavy atom. The number of rotatable bonds is 5. The van der Waals surface area contributed by atoms with Gasteiger partial charge in [-0.05, 0) is 54.1 Å². The van der Waals surface area contributed by atoms with Crippen LogP contribution in [0.5, 0.6) is 0 Å². The summed E-state index contributed by atoms with van der Waals surface area (Å²) in [7, 11) is 0. The van der Waals surface area contributed by atoms with Gasteiger partial charge in [-0.15, -0.1) is 0 Å². The van der Waals surface area contributed by atoms with E-state index >= 15 is 0 Å². The molecule has 2 heterocycles. The van der Waals surface area contributed by atoms with Crippen LogP contribution in [0, 0.1) is 30.1 Å². The molecule has 0 saturated heterocycles. The molecule has 0 aromatic carbocycles. The van der Waals surface area contributed by atoms with Gasteiger partial charge in [-0.2, -0.15) is 9.47 Å². The van der Waals surface area contributed by atoms with Crippen LogP contribution in [0.2, 0.25) is 5.02 Å². The van der Waals surface area contributed by atoms with E-state index in [1.165, 1.54) is 17.7 Å². The zero-order chi connectivity index (χ0) is 22.2. The molecule has 0 unspecified atom stereocenters. The van der Waals surface area contributed by atoms with Gasteiger partial charge in [0.05, 0.1) is 17.6 Å². The average molecular weight is 452 g/mol. The highest BCUT2D eigenvalue weighted by Crippen LogP contribution is 2.48. The Morgan fingerprint density at radius 1 is 1.37 bits per heavy atom. The van der Waals surface area contributed by atoms with E-state index in [-0.39, 0.29) is 28.9 Å². The highest BCUT2D eigenvalue weighted by molar-refractivity contribution is 7.10. The maximum atomic E-state index is 12.7. The first kappa shape index (κ1) is 22.7. The largest absolute Gasteiger partial charge is 0.379 e. The molecular weight excluding hydrogens is 422 g/mol. The van der Waals surface area contributed by atoms with Gasteiger partial charge >= 0.3 is 0 Å². The molecule has 1 aliphatic rings. The lowest BCUT2D eigenvalue weighted by molar-refractivity contribution is -0.117. The summed E-state index contributed by atoms with van der Waals surface area (Å²) in [5.74, 6) is 1.12. The van der Waals surface area contributed by atoms with Gasteiger partial charge in [0.15, 0.2) is 0 Å². The fourth-order valence-corrected chi connectivity index (χ4v) is 5.06. The topological polar surface area (TPSA) is 88.9 Å². The maximum absolute atomic E-state index is 12.7. The van der Waals surface area contributed by atoms with Crippen molar-refractivity contribution in [1.29, 1.82) is 0 Å². The Morgan fingerprint density at radius 3 is 2.70 bits per heavy atom. The monoisotopic (exact) mass is 451 g/mol. The molecule has 164 valence electrons. The summed E-state index contributed by atoms with van der Waals surface area (Å²) in [6.07, 6.45) is 2.53. The number of aromatic nitrogens is 3. The van der Waals surface area contributed by atoms with Crippen molar-refractivity contribution < 1.29 is 4.79 Å². The SMILES string of the molecule is Cc1cc(NC(=O)Cn2ncc(N[C@@H]3C[C@H](C)C(C)(C)[C@H](C)[C@H]3C)c(Cl)c2=O)sn1. The van der Waals surface area contributed by atoms with Crippen LogP contribution < -0.4 is 16.2 Å².